The fourth-order valence-corrected chi connectivity index (χ4v) is 2.62. The normalized spacial score (nSPS) is 12.6. The van der Waals surface area contributed by atoms with E-state index >= 15 is 0 Å². The molecule has 0 spiro atoms. The van der Waals surface area contributed by atoms with Gasteiger partial charge in [0.25, 0.3) is 0 Å². The average molecular weight is 408 g/mol. The predicted molar refractivity (Wildman–Crippen MR) is 112 cm³/mol. The van der Waals surface area contributed by atoms with Gasteiger partial charge in [0.15, 0.2) is 6.29 Å². The van der Waals surface area contributed by atoms with Gasteiger partial charge in [-0.2, -0.15) is 0 Å². The van der Waals surface area contributed by atoms with E-state index in [0.717, 1.165) is 17.2 Å². The Morgan fingerprint density at radius 3 is 2.13 bits per heavy atom. The molecule has 7 heteroatoms. The van der Waals surface area contributed by atoms with Crippen LogP contribution in [0.3, 0.4) is 0 Å². The van der Waals surface area contributed by atoms with E-state index in [0.29, 0.717) is 0 Å². The molecule has 2 rings (SSSR count). The SMILES string of the molecule is C[C@@H](/C=C/C(=O)C=O)NC(=O)[C@@H](Cc1ccccc1)NC(=O)OCc1ccccc1. The molecule has 156 valence electrons. The topological polar surface area (TPSA) is 102 Å². The number of allylic oxidation sites excluding steroid dienone is 1. The number of ketones is 1. The van der Waals surface area contributed by atoms with E-state index in [2.05, 4.69) is 10.6 Å². The minimum Gasteiger partial charge on any atom is -0.445 e. The van der Waals surface area contributed by atoms with Crippen LogP contribution < -0.4 is 10.6 Å². The van der Waals surface area contributed by atoms with Crippen molar-refractivity contribution in [1.82, 2.24) is 10.6 Å². The van der Waals surface area contributed by atoms with Crippen molar-refractivity contribution in [3.63, 3.8) is 0 Å². The predicted octanol–water partition coefficient (Wildman–Crippen LogP) is 2.35. The molecule has 0 radical (unpaired) electrons. The van der Waals surface area contributed by atoms with E-state index in [1.54, 1.807) is 6.92 Å². The van der Waals surface area contributed by atoms with Gasteiger partial charge in [0.2, 0.25) is 11.7 Å². The van der Waals surface area contributed by atoms with Gasteiger partial charge in [0, 0.05) is 12.5 Å². The Hall–Kier alpha value is -3.74. The lowest BCUT2D eigenvalue weighted by Crippen LogP contribution is -2.50. The summed E-state index contributed by atoms with van der Waals surface area (Å²) in [5.74, 6) is -1.13. The number of rotatable bonds is 10. The number of alkyl carbamates (subject to hydrolysis) is 1. The lowest BCUT2D eigenvalue weighted by atomic mass is 10.1. The Morgan fingerprint density at radius 1 is 0.933 bits per heavy atom. The van der Waals surface area contributed by atoms with Gasteiger partial charge in [0.1, 0.15) is 12.6 Å². The van der Waals surface area contributed by atoms with Crippen molar-refractivity contribution in [2.45, 2.75) is 32.0 Å². The molecule has 0 aliphatic carbocycles. The molecule has 0 aliphatic heterocycles. The van der Waals surface area contributed by atoms with Gasteiger partial charge in [-0.1, -0.05) is 66.7 Å². The first-order valence-electron chi connectivity index (χ1n) is 9.46. The van der Waals surface area contributed by atoms with Crippen molar-refractivity contribution < 1.29 is 23.9 Å². The number of carbonyl (C=O) groups is 4. The van der Waals surface area contributed by atoms with Gasteiger partial charge in [-0.05, 0) is 24.1 Å². The van der Waals surface area contributed by atoms with Crippen LogP contribution in [0.5, 0.6) is 0 Å². The highest BCUT2D eigenvalue weighted by molar-refractivity contribution is 6.30. The van der Waals surface area contributed by atoms with Crippen molar-refractivity contribution in [3.8, 4) is 0 Å². The molecule has 2 N–H and O–H groups in total. The Labute approximate surface area is 175 Å². The third-order valence-electron chi connectivity index (χ3n) is 4.14. The molecule has 0 aliphatic rings. The van der Waals surface area contributed by atoms with Gasteiger partial charge in [-0.3, -0.25) is 14.4 Å². The monoisotopic (exact) mass is 408 g/mol. The van der Waals surface area contributed by atoms with Crippen molar-refractivity contribution >= 4 is 24.1 Å². The van der Waals surface area contributed by atoms with Crippen LogP contribution in [0.1, 0.15) is 18.1 Å². The van der Waals surface area contributed by atoms with Crippen LogP contribution in [0.4, 0.5) is 4.79 Å². The molecule has 0 heterocycles. The molecule has 0 saturated carbocycles. The summed E-state index contributed by atoms with van der Waals surface area (Å²) >= 11 is 0. The summed E-state index contributed by atoms with van der Waals surface area (Å²) in [4.78, 5) is 46.4. The summed E-state index contributed by atoms with van der Waals surface area (Å²) < 4.78 is 5.22. The van der Waals surface area contributed by atoms with E-state index in [1.807, 2.05) is 60.7 Å². The summed E-state index contributed by atoms with van der Waals surface area (Å²) in [5, 5.41) is 5.29. The first-order valence-corrected chi connectivity index (χ1v) is 9.46. The number of hydrogen-bond donors (Lipinski definition) is 2. The Bertz CT molecular complexity index is 881. The van der Waals surface area contributed by atoms with Crippen molar-refractivity contribution in [3.05, 3.63) is 83.9 Å². The van der Waals surface area contributed by atoms with Gasteiger partial charge < -0.3 is 15.4 Å². The quantitative estimate of drug-likeness (QED) is 0.357. The molecule has 0 fully saturated rings. The third kappa shape index (κ3) is 8.10. The Morgan fingerprint density at radius 2 is 1.53 bits per heavy atom. The van der Waals surface area contributed by atoms with Crippen LogP contribution in [0.2, 0.25) is 0 Å². The highest BCUT2D eigenvalue weighted by atomic mass is 16.5. The number of ether oxygens (including phenoxy) is 1. The fourth-order valence-electron chi connectivity index (χ4n) is 2.62. The standard InChI is InChI=1S/C23H24N2O5/c1-17(12-13-20(27)15-26)24-22(28)21(14-18-8-4-2-5-9-18)25-23(29)30-16-19-10-6-3-7-11-19/h2-13,15,17,21H,14,16H2,1H3,(H,24,28)(H,25,29)/b13-12+/t17-,21+/m0/s1. The zero-order chi connectivity index (χ0) is 21.8. The zero-order valence-electron chi connectivity index (χ0n) is 16.6. The smallest absolute Gasteiger partial charge is 0.408 e. The molecule has 2 aromatic rings. The maximum atomic E-state index is 12.7. The molecule has 0 saturated heterocycles. The van der Waals surface area contributed by atoms with E-state index in [-0.39, 0.29) is 19.3 Å². The molecule has 2 atom stereocenters. The second-order valence-electron chi connectivity index (χ2n) is 6.62. The molecule has 30 heavy (non-hydrogen) atoms. The van der Waals surface area contributed by atoms with Gasteiger partial charge in [0.05, 0.1) is 0 Å². The molecule has 0 aromatic heterocycles. The van der Waals surface area contributed by atoms with E-state index in [4.69, 9.17) is 4.74 Å². The molecule has 2 aromatic carbocycles. The van der Waals surface area contributed by atoms with Crippen molar-refractivity contribution in [1.29, 1.82) is 0 Å². The van der Waals surface area contributed by atoms with Crippen molar-refractivity contribution in [2.24, 2.45) is 0 Å². The van der Waals surface area contributed by atoms with Crippen LogP contribution in [0, 0.1) is 0 Å². The summed E-state index contributed by atoms with van der Waals surface area (Å²) in [7, 11) is 0. The average Bonchev–Trinajstić information content (AvgIpc) is 2.77. The number of nitrogens with one attached hydrogen (secondary N) is 2. The third-order valence-corrected chi connectivity index (χ3v) is 4.14. The van der Waals surface area contributed by atoms with Gasteiger partial charge >= 0.3 is 6.09 Å². The summed E-state index contributed by atoms with van der Waals surface area (Å²) in [6.45, 7) is 1.74. The van der Waals surface area contributed by atoms with Crippen LogP contribution in [-0.2, 0) is 32.1 Å². The van der Waals surface area contributed by atoms with Crippen LogP contribution in [0.15, 0.2) is 72.8 Å². The maximum absolute atomic E-state index is 12.7. The number of hydrogen-bond acceptors (Lipinski definition) is 5. The van der Waals surface area contributed by atoms with Gasteiger partial charge in [-0.15, -0.1) is 0 Å². The van der Waals surface area contributed by atoms with Crippen LogP contribution in [-0.4, -0.2) is 36.2 Å². The Balaban J connectivity index is 2.00. The fraction of sp³-hybridized carbons (Fsp3) is 0.217. The number of carbonyl (C=O) groups excluding carboxylic acids is 4. The zero-order valence-corrected chi connectivity index (χ0v) is 16.6. The van der Waals surface area contributed by atoms with E-state index in [1.165, 1.54) is 6.08 Å². The highest BCUT2D eigenvalue weighted by Gasteiger charge is 2.23. The molecular formula is C23H24N2O5. The number of benzene rings is 2. The van der Waals surface area contributed by atoms with Gasteiger partial charge in [-0.25, -0.2) is 4.79 Å². The molecule has 0 unspecified atom stereocenters. The molecule has 7 nitrogen and oxygen atoms in total. The Kier molecular flexibility index (Phi) is 8.99. The van der Waals surface area contributed by atoms with Crippen LogP contribution in [0.25, 0.3) is 0 Å². The van der Waals surface area contributed by atoms with E-state index < -0.39 is 29.9 Å². The maximum Gasteiger partial charge on any atom is 0.408 e. The largest absolute Gasteiger partial charge is 0.445 e. The second-order valence-corrected chi connectivity index (χ2v) is 6.62. The molecule has 2 amide bonds. The summed E-state index contributed by atoms with van der Waals surface area (Å²) in [6, 6.07) is 17.1. The van der Waals surface area contributed by atoms with Crippen molar-refractivity contribution in [2.75, 3.05) is 0 Å². The molecular weight excluding hydrogens is 384 g/mol. The lowest BCUT2D eigenvalue weighted by Gasteiger charge is -2.20. The minimum absolute atomic E-state index is 0.0826. The summed E-state index contributed by atoms with van der Waals surface area (Å²) in [6.07, 6.45) is 2.23. The first-order chi connectivity index (χ1) is 14.5. The number of amides is 2. The van der Waals surface area contributed by atoms with Crippen LogP contribution >= 0.6 is 0 Å². The number of aldehydes is 1. The second kappa shape index (κ2) is 12.0. The lowest BCUT2D eigenvalue weighted by molar-refractivity contribution is -0.126. The summed E-state index contributed by atoms with van der Waals surface area (Å²) in [5.41, 5.74) is 1.69. The first kappa shape index (κ1) is 22.5. The molecule has 0 bridgehead atoms. The minimum atomic E-state index is -0.881. The van der Waals surface area contributed by atoms with E-state index in [9.17, 15) is 19.2 Å². The highest BCUT2D eigenvalue weighted by Crippen LogP contribution is 2.06.